The Balaban J connectivity index is 2.52. The maximum absolute atomic E-state index is 12.9. The van der Waals surface area contributed by atoms with Gasteiger partial charge in [0.25, 0.3) is 5.19 Å². The summed E-state index contributed by atoms with van der Waals surface area (Å²) in [6.07, 6.45) is -5.84. The van der Waals surface area contributed by atoms with Crippen molar-refractivity contribution in [3.8, 4) is 15.6 Å². The van der Waals surface area contributed by atoms with Gasteiger partial charge in [-0.3, -0.25) is 0 Å². The lowest BCUT2D eigenvalue weighted by atomic mass is 10.1. The maximum Gasteiger partial charge on any atom is 0.434 e. The first-order valence-corrected chi connectivity index (χ1v) is 5.80. The minimum atomic E-state index is -4.64. The maximum atomic E-state index is 12.9. The third-order valence-corrected chi connectivity index (χ3v) is 3.08. The highest BCUT2D eigenvalue weighted by molar-refractivity contribution is 7.17. The van der Waals surface area contributed by atoms with Gasteiger partial charge in [-0.2, -0.15) is 18.2 Å². The summed E-state index contributed by atoms with van der Waals surface area (Å²) in [5, 5.41) is -0.432. The lowest BCUT2D eigenvalue weighted by Crippen LogP contribution is -2.16. The monoisotopic (exact) mass is 288 g/mol. The Morgan fingerprint density at radius 1 is 1.26 bits per heavy atom. The molecule has 8 heteroatoms. The summed E-state index contributed by atoms with van der Waals surface area (Å²) in [7, 11) is 0. The molecule has 2 N–H and O–H groups in total. The molecule has 0 bridgehead atoms. The lowest BCUT2D eigenvalue weighted by Gasteiger charge is -2.05. The van der Waals surface area contributed by atoms with Crippen LogP contribution in [0.5, 0.6) is 5.19 Å². The number of nitrogens with zero attached hydrogens (tertiary/aromatic N) is 1. The smallest absolute Gasteiger partial charge is 0.381 e. The van der Waals surface area contributed by atoms with Crippen molar-refractivity contribution in [1.29, 1.82) is 0 Å². The Kier molecular flexibility index (Phi) is 3.43. The minimum absolute atomic E-state index is 0.121. The number of thiazole rings is 1. The molecule has 0 aliphatic heterocycles. The highest BCUT2D eigenvalue weighted by Crippen LogP contribution is 2.42. The number of rotatable bonds is 2. The fourth-order valence-electron chi connectivity index (χ4n) is 1.41. The molecule has 0 fully saturated rings. The Morgan fingerprint density at radius 3 is 2.42 bits per heavy atom. The van der Waals surface area contributed by atoms with Crippen LogP contribution < -0.4 is 10.5 Å². The van der Waals surface area contributed by atoms with Crippen LogP contribution in [-0.4, -0.2) is 11.1 Å². The van der Waals surface area contributed by atoms with E-state index in [1.165, 1.54) is 12.1 Å². The van der Waals surface area contributed by atoms with Crippen LogP contribution in [0.2, 0.25) is 0 Å². The summed E-state index contributed by atoms with van der Waals surface area (Å²) in [6.45, 7) is 0. The fraction of sp³-hybridized carbons (Fsp3) is 0.0909. The topological polar surface area (TPSA) is 65.2 Å². The molecule has 0 aliphatic rings. The van der Waals surface area contributed by atoms with Gasteiger partial charge in [0.05, 0.1) is 4.88 Å². The van der Waals surface area contributed by atoms with Crippen LogP contribution in [0.4, 0.5) is 18.0 Å². The van der Waals surface area contributed by atoms with Gasteiger partial charge in [-0.25, -0.2) is 4.79 Å². The Bertz CT molecular complexity index is 596. The quantitative estimate of drug-likeness (QED) is 0.922. The summed E-state index contributed by atoms with van der Waals surface area (Å²) in [5.41, 5.74) is 4.00. The number of hydrogen-bond acceptors (Lipinski definition) is 4. The third-order valence-electron chi connectivity index (χ3n) is 2.10. The van der Waals surface area contributed by atoms with Crippen LogP contribution in [0.1, 0.15) is 5.69 Å². The van der Waals surface area contributed by atoms with Gasteiger partial charge in [0.2, 0.25) is 0 Å². The number of ether oxygens (including phenoxy) is 1. The van der Waals surface area contributed by atoms with Crippen molar-refractivity contribution in [2.24, 2.45) is 5.73 Å². The lowest BCUT2D eigenvalue weighted by molar-refractivity contribution is -0.140. The molecule has 1 heterocycles. The SMILES string of the molecule is NC(=O)Oc1nc(C(F)(F)F)c(-c2ccccc2)s1. The van der Waals surface area contributed by atoms with Crippen molar-refractivity contribution in [2.45, 2.75) is 6.18 Å². The largest absolute Gasteiger partial charge is 0.434 e. The summed E-state index contributed by atoms with van der Waals surface area (Å²) in [4.78, 5) is 13.7. The van der Waals surface area contributed by atoms with Gasteiger partial charge in [0, 0.05) is 0 Å². The van der Waals surface area contributed by atoms with E-state index < -0.39 is 23.2 Å². The summed E-state index contributed by atoms with van der Waals surface area (Å²) >= 11 is 0.614. The first-order valence-electron chi connectivity index (χ1n) is 4.98. The number of halogens is 3. The molecular formula is C11H7F3N2O2S. The first-order chi connectivity index (χ1) is 8.88. The molecule has 19 heavy (non-hydrogen) atoms. The van der Waals surface area contributed by atoms with E-state index >= 15 is 0 Å². The van der Waals surface area contributed by atoms with Crippen LogP contribution in [0.25, 0.3) is 10.4 Å². The molecule has 100 valence electrons. The van der Waals surface area contributed by atoms with E-state index in [4.69, 9.17) is 5.73 Å². The van der Waals surface area contributed by atoms with Crippen molar-refractivity contribution in [1.82, 2.24) is 4.98 Å². The molecule has 4 nitrogen and oxygen atoms in total. The normalized spacial score (nSPS) is 11.3. The van der Waals surface area contributed by atoms with Crippen molar-refractivity contribution in [3.05, 3.63) is 36.0 Å². The molecule has 1 aromatic carbocycles. The van der Waals surface area contributed by atoms with E-state index in [-0.39, 0.29) is 4.88 Å². The van der Waals surface area contributed by atoms with Gasteiger partial charge in [-0.05, 0) is 5.56 Å². The number of alkyl halides is 3. The van der Waals surface area contributed by atoms with Crippen molar-refractivity contribution in [3.63, 3.8) is 0 Å². The van der Waals surface area contributed by atoms with E-state index in [2.05, 4.69) is 9.72 Å². The van der Waals surface area contributed by atoms with E-state index in [0.29, 0.717) is 16.9 Å². The van der Waals surface area contributed by atoms with Gasteiger partial charge < -0.3 is 10.5 Å². The Morgan fingerprint density at radius 2 is 1.89 bits per heavy atom. The number of nitrogens with two attached hydrogens (primary N) is 1. The van der Waals surface area contributed by atoms with E-state index in [9.17, 15) is 18.0 Å². The molecule has 1 aromatic heterocycles. The zero-order valence-corrected chi connectivity index (χ0v) is 10.1. The second kappa shape index (κ2) is 4.88. The van der Waals surface area contributed by atoms with Crippen LogP contribution in [-0.2, 0) is 6.18 Å². The van der Waals surface area contributed by atoms with E-state index in [0.717, 1.165) is 0 Å². The standard InChI is InChI=1S/C11H7F3N2O2S/c12-11(13,14)8-7(6-4-2-1-3-5-6)19-10(16-8)18-9(15)17/h1-5H,(H2,15,17). The van der Waals surface area contributed by atoms with Crippen LogP contribution >= 0.6 is 11.3 Å². The van der Waals surface area contributed by atoms with E-state index in [1.54, 1.807) is 18.2 Å². The van der Waals surface area contributed by atoms with Crippen LogP contribution in [0.15, 0.2) is 30.3 Å². The highest BCUT2D eigenvalue weighted by atomic mass is 32.1. The number of aromatic nitrogens is 1. The van der Waals surface area contributed by atoms with Crippen molar-refractivity contribution >= 4 is 17.4 Å². The fourth-order valence-corrected chi connectivity index (χ4v) is 2.35. The Hall–Kier alpha value is -2.09. The van der Waals surface area contributed by atoms with Gasteiger partial charge in [0.1, 0.15) is 0 Å². The molecule has 0 aliphatic carbocycles. The number of carbonyl (C=O) groups is 1. The average molecular weight is 288 g/mol. The highest BCUT2D eigenvalue weighted by Gasteiger charge is 2.38. The predicted octanol–water partition coefficient (Wildman–Crippen LogP) is 3.29. The van der Waals surface area contributed by atoms with Crippen LogP contribution in [0, 0.1) is 0 Å². The second-order valence-corrected chi connectivity index (χ2v) is 4.40. The third kappa shape index (κ3) is 3.02. The molecule has 0 saturated carbocycles. The number of primary amides is 1. The first kappa shape index (κ1) is 13.3. The number of amides is 1. The number of carbonyl (C=O) groups excluding carboxylic acids is 1. The number of hydrogen-bond donors (Lipinski definition) is 1. The summed E-state index contributed by atoms with van der Waals surface area (Å²) < 4.78 is 43.0. The average Bonchev–Trinajstić information content (AvgIpc) is 2.73. The van der Waals surface area contributed by atoms with Gasteiger partial charge in [-0.15, -0.1) is 0 Å². The molecule has 0 atom stereocenters. The summed E-state index contributed by atoms with van der Waals surface area (Å²) in [5.74, 6) is 0. The number of benzene rings is 1. The molecule has 2 rings (SSSR count). The molecule has 0 saturated heterocycles. The summed E-state index contributed by atoms with van der Waals surface area (Å²) in [6, 6.07) is 7.90. The zero-order valence-electron chi connectivity index (χ0n) is 9.27. The molecule has 2 aromatic rings. The molecule has 0 spiro atoms. The molecule has 0 unspecified atom stereocenters. The van der Waals surface area contributed by atoms with Gasteiger partial charge >= 0.3 is 12.3 Å². The molecule has 0 radical (unpaired) electrons. The molecule has 1 amide bonds. The predicted molar refractivity (Wildman–Crippen MR) is 62.8 cm³/mol. The van der Waals surface area contributed by atoms with Crippen molar-refractivity contribution < 1.29 is 22.7 Å². The molecular weight excluding hydrogens is 281 g/mol. The van der Waals surface area contributed by atoms with Crippen molar-refractivity contribution in [2.75, 3.05) is 0 Å². The van der Waals surface area contributed by atoms with E-state index in [1.807, 2.05) is 0 Å². The minimum Gasteiger partial charge on any atom is -0.381 e. The zero-order chi connectivity index (χ0) is 14.0. The van der Waals surface area contributed by atoms with Crippen LogP contribution in [0.3, 0.4) is 0 Å². The second-order valence-electron chi connectivity index (χ2n) is 3.44. The van der Waals surface area contributed by atoms with Gasteiger partial charge in [-0.1, -0.05) is 41.7 Å². The van der Waals surface area contributed by atoms with Gasteiger partial charge in [0.15, 0.2) is 5.69 Å². The Labute approximate surface area is 109 Å².